The largest absolute Gasteiger partial charge is 0.289 e. The first-order chi connectivity index (χ1) is 8.18. The maximum absolute atomic E-state index is 12.5. The van der Waals surface area contributed by atoms with Crippen LogP contribution in [0.4, 0.5) is 0 Å². The van der Waals surface area contributed by atoms with E-state index >= 15 is 0 Å². The average molecular weight is 222 g/mol. The Hall–Kier alpha value is -1.89. The minimum atomic E-state index is 0.183. The van der Waals surface area contributed by atoms with Gasteiger partial charge in [-0.15, -0.1) is 0 Å². The average Bonchev–Trinajstić information content (AvgIpc) is 2.34. The summed E-state index contributed by atoms with van der Waals surface area (Å²) >= 11 is 0. The molecule has 0 radical (unpaired) electrons. The maximum Gasteiger partial charge on any atom is 0.193 e. The molecule has 1 nitrogen and oxygen atoms in total. The van der Waals surface area contributed by atoms with Crippen molar-refractivity contribution in [2.45, 2.75) is 20.3 Å². The van der Waals surface area contributed by atoms with Crippen LogP contribution in [-0.2, 0) is 6.42 Å². The minimum absolute atomic E-state index is 0.183. The lowest BCUT2D eigenvalue weighted by atomic mass is 9.81. The summed E-state index contributed by atoms with van der Waals surface area (Å²) < 4.78 is 0. The van der Waals surface area contributed by atoms with Gasteiger partial charge in [0, 0.05) is 11.1 Å². The second-order valence-corrected chi connectivity index (χ2v) is 4.72. The molecule has 1 heteroatoms. The third-order valence-corrected chi connectivity index (χ3v) is 3.61. The number of hydrogen-bond donors (Lipinski definition) is 0. The van der Waals surface area contributed by atoms with Crippen molar-refractivity contribution in [1.29, 1.82) is 0 Å². The van der Waals surface area contributed by atoms with Crippen molar-refractivity contribution >= 4 is 5.78 Å². The standard InChI is InChI=1S/C16H14O/c1-10-7-8-11(2)15-14(10)9-12-5-3-4-6-13(12)16(15)17/h3-8H,9H2,1-2H3. The van der Waals surface area contributed by atoms with Gasteiger partial charge in [-0.2, -0.15) is 0 Å². The van der Waals surface area contributed by atoms with Crippen LogP contribution in [0.15, 0.2) is 36.4 Å². The molecule has 0 unspecified atom stereocenters. The Morgan fingerprint density at radius 2 is 1.65 bits per heavy atom. The normalized spacial score (nSPS) is 13.2. The molecule has 1 aliphatic rings. The van der Waals surface area contributed by atoms with Crippen LogP contribution in [0.1, 0.15) is 38.2 Å². The summed E-state index contributed by atoms with van der Waals surface area (Å²) in [6.45, 7) is 4.10. The molecular formula is C16H14O. The highest BCUT2D eigenvalue weighted by Crippen LogP contribution is 2.30. The molecule has 0 N–H and O–H groups in total. The van der Waals surface area contributed by atoms with Crippen LogP contribution in [0.5, 0.6) is 0 Å². The SMILES string of the molecule is Cc1ccc(C)c2c1Cc1ccccc1C2=O. The van der Waals surface area contributed by atoms with E-state index in [2.05, 4.69) is 19.1 Å². The number of carbonyl (C=O) groups excluding carboxylic acids is 1. The Morgan fingerprint density at radius 3 is 2.47 bits per heavy atom. The maximum atomic E-state index is 12.5. The molecule has 17 heavy (non-hydrogen) atoms. The third kappa shape index (κ3) is 1.42. The Labute approximate surface area is 101 Å². The number of fused-ring (bicyclic) bond motifs is 2. The van der Waals surface area contributed by atoms with E-state index in [0.29, 0.717) is 0 Å². The van der Waals surface area contributed by atoms with Gasteiger partial charge in [-0.3, -0.25) is 4.79 Å². The first-order valence-corrected chi connectivity index (χ1v) is 5.90. The summed E-state index contributed by atoms with van der Waals surface area (Å²) in [5, 5.41) is 0. The quantitative estimate of drug-likeness (QED) is 0.569. The summed E-state index contributed by atoms with van der Waals surface area (Å²) in [6, 6.07) is 12.1. The molecule has 0 heterocycles. The van der Waals surface area contributed by atoms with E-state index in [9.17, 15) is 4.79 Å². The van der Waals surface area contributed by atoms with Crippen molar-refractivity contribution in [3.05, 3.63) is 69.8 Å². The Balaban J connectivity index is 2.30. The van der Waals surface area contributed by atoms with Crippen LogP contribution in [0.25, 0.3) is 0 Å². The fraction of sp³-hybridized carbons (Fsp3) is 0.188. The number of ketones is 1. The highest BCUT2D eigenvalue weighted by Gasteiger charge is 2.25. The highest BCUT2D eigenvalue weighted by molar-refractivity contribution is 6.13. The molecule has 3 rings (SSSR count). The second kappa shape index (κ2) is 3.56. The van der Waals surface area contributed by atoms with E-state index in [1.165, 1.54) is 11.1 Å². The van der Waals surface area contributed by atoms with E-state index < -0.39 is 0 Å². The predicted octanol–water partition coefficient (Wildman–Crippen LogP) is 3.44. The van der Waals surface area contributed by atoms with Gasteiger partial charge in [0.2, 0.25) is 0 Å². The zero-order valence-electron chi connectivity index (χ0n) is 10.1. The fourth-order valence-electron chi connectivity index (χ4n) is 2.63. The van der Waals surface area contributed by atoms with Gasteiger partial charge < -0.3 is 0 Å². The van der Waals surface area contributed by atoms with Gasteiger partial charge in [0.25, 0.3) is 0 Å². The van der Waals surface area contributed by atoms with Crippen LogP contribution in [-0.4, -0.2) is 5.78 Å². The lowest BCUT2D eigenvalue weighted by molar-refractivity contribution is 0.103. The lowest BCUT2D eigenvalue weighted by Gasteiger charge is -2.21. The molecule has 0 bridgehead atoms. The van der Waals surface area contributed by atoms with Gasteiger partial charge in [0.1, 0.15) is 0 Å². The smallest absolute Gasteiger partial charge is 0.193 e. The summed E-state index contributed by atoms with van der Waals surface area (Å²) in [6.07, 6.45) is 0.880. The molecule has 0 saturated carbocycles. The van der Waals surface area contributed by atoms with Gasteiger partial charge in [-0.1, -0.05) is 36.4 Å². The van der Waals surface area contributed by atoms with Gasteiger partial charge in [0.05, 0.1) is 0 Å². The molecular weight excluding hydrogens is 208 g/mol. The third-order valence-electron chi connectivity index (χ3n) is 3.61. The number of hydrogen-bond acceptors (Lipinski definition) is 1. The fourth-order valence-corrected chi connectivity index (χ4v) is 2.63. The molecule has 2 aromatic carbocycles. The summed E-state index contributed by atoms with van der Waals surface area (Å²) in [7, 11) is 0. The van der Waals surface area contributed by atoms with E-state index in [1.54, 1.807) is 0 Å². The van der Waals surface area contributed by atoms with Gasteiger partial charge >= 0.3 is 0 Å². The molecule has 0 amide bonds. The Morgan fingerprint density at radius 1 is 0.941 bits per heavy atom. The molecule has 2 aromatic rings. The van der Waals surface area contributed by atoms with E-state index in [1.807, 2.05) is 31.2 Å². The number of carbonyl (C=O) groups is 1. The van der Waals surface area contributed by atoms with Crippen molar-refractivity contribution in [3.63, 3.8) is 0 Å². The Bertz CT molecular complexity index is 623. The number of rotatable bonds is 0. The van der Waals surface area contributed by atoms with Crippen molar-refractivity contribution in [3.8, 4) is 0 Å². The summed E-state index contributed by atoms with van der Waals surface area (Å²) in [5.41, 5.74) is 6.45. The topological polar surface area (TPSA) is 17.1 Å². The molecule has 0 aromatic heterocycles. The number of aryl methyl sites for hydroxylation is 2. The Kier molecular flexibility index (Phi) is 2.15. The molecule has 0 aliphatic heterocycles. The van der Waals surface area contributed by atoms with E-state index in [0.717, 1.165) is 28.7 Å². The summed E-state index contributed by atoms with van der Waals surface area (Å²) in [4.78, 5) is 12.5. The van der Waals surface area contributed by atoms with Gasteiger partial charge in [-0.25, -0.2) is 0 Å². The van der Waals surface area contributed by atoms with Crippen molar-refractivity contribution in [2.75, 3.05) is 0 Å². The van der Waals surface area contributed by atoms with Crippen LogP contribution >= 0.6 is 0 Å². The molecule has 84 valence electrons. The zero-order valence-corrected chi connectivity index (χ0v) is 10.1. The van der Waals surface area contributed by atoms with E-state index in [-0.39, 0.29) is 5.78 Å². The van der Waals surface area contributed by atoms with E-state index in [4.69, 9.17) is 0 Å². The first kappa shape index (κ1) is 10.3. The van der Waals surface area contributed by atoms with Crippen molar-refractivity contribution < 1.29 is 4.79 Å². The van der Waals surface area contributed by atoms with Gasteiger partial charge in [-0.05, 0) is 42.5 Å². The zero-order chi connectivity index (χ0) is 12.0. The van der Waals surface area contributed by atoms with Crippen LogP contribution in [0, 0.1) is 13.8 Å². The minimum Gasteiger partial charge on any atom is -0.289 e. The first-order valence-electron chi connectivity index (χ1n) is 5.90. The van der Waals surface area contributed by atoms with Crippen LogP contribution in [0.2, 0.25) is 0 Å². The van der Waals surface area contributed by atoms with Crippen LogP contribution < -0.4 is 0 Å². The molecule has 0 atom stereocenters. The van der Waals surface area contributed by atoms with Crippen molar-refractivity contribution in [1.82, 2.24) is 0 Å². The summed E-state index contributed by atoms with van der Waals surface area (Å²) in [5.74, 6) is 0.183. The number of benzene rings is 2. The monoisotopic (exact) mass is 222 g/mol. The molecule has 1 aliphatic carbocycles. The predicted molar refractivity (Wildman–Crippen MR) is 68.6 cm³/mol. The molecule has 0 saturated heterocycles. The lowest BCUT2D eigenvalue weighted by Crippen LogP contribution is -2.17. The highest BCUT2D eigenvalue weighted by atomic mass is 16.1. The van der Waals surface area contributed by atoms with Gasteiger partial charge in [0.15, 0.2) is 5.78 Å². The van der Waals surface area contributed by atoms with Crippen LogP contribution in [0.3, 0.4) is 0 Å². The molecule has 0 fully saturated rings. The van der Waals surface area contributed by atoms with Crippen molar-refractivity contribution in [2.24, 2.45) is 0 Å². The molecule has 0 spiro atoms. The second-order valence-electron chi connectivity index (χ2n) is 4.72.